The van der Waals surface area contributed by atoms with Crippen molar-refractivity contribution in [2.24, 2.45) is 0 Å². The average Bonchev–Trinajstić information content (AvgIpc) is 2.27. The molecule has 0 aromatic heterocycles. The zero-order valence-corrected chi connectivity index (χ0v) is 10.3. The Balaban J connectivity index is 2.87. The molecule has 1 aromatic rings. The summed E-state index contributed by atoms with van der Waals surface area (Å²) >= 11 is 0. The van der Waals surface area contributed by atoms with Gasteiger partial charge in [0.15, 0.2) is 5.78 Å². The molecule has 16 heavy (non-hydrogen) atoms. The van der Waals surface area contributed by atoms with Crippen LogP contribution in [0.3, 0.4) is 0 Å². The first-order chi connectivity index (χ1) is 7.45. The van der Waals surface area contributed by atoms with E-state index >= 15 is 0 Å². The van der Waals surface area contributed by atoms with E-state index in [2.05, 4.69) is 27.4 Å². The van der Waals surface area contributed by atoms with Gasteiger partial charge in [0.05, 0.1) is 0 Å². The van der Waals surface area contributed by atoms with Crippen LogP contribution in [-0.4, -0.2) is 5.78 Å². The monoisotopic (exact) mass is 212 g/mol. The highest BCUT2D eigenvalue weighted by Gasteiger charge is 2.25. The number of fused-ring (bicyclic) bond motifs is 1. The smallest absolute Gasteiger partial charge is 0.193 e. The molecule has 1 nitrogen and oxygen atoms in total. The molecular formula is C15H16O. The molecule has 2 rings (SSSR count). The minimum Gasteiger partial charge on any atom is -0.289 e. The topological polar surface area (TPSA) is 17.1 Å². The van der Waals surface area contributed by atoms with Crippen LogP contribution in [0, 0.1) is 13.8 Å². The Morgan fingerprint density at radius 2 is 1.62 bits per heavy atom. The highest BCUT2D eigenvalue weighted by Crippen LogP contribution is 2.36. The number of aryl methyl sites for hydroxylation is 1. The summed E-state index contributed by atoms with van der Waals surface area (Å²) in [5.74, 6) is 0.0706. The number of carbonyl (C=O) groups excluding carboxylic acids is 1. The molecule has 0 aliphatic heterocycles. The molecule has 0 atom stereocenters. The van der Waals surface area contributed by atoms with Gasteiger partial charge in [0.25, 0.3) is 0 Å². The Labute approximate surface area is 96.5 Å². The zero-order valence-electron chi connectivity index (χ0n) is 10.3. The Kier molecular flexibility index (Phi) is 2.34. The van der Waals surface area contributed by atoms with Crippen molar-refractivity contribution < 1.29 is 4.79 Å². The van der Waals surface area contributed by atoms with Crippen molar-refractivity contribution in [1.29, 1.82) is 0 Å². The highest BCUT2D eigenvalue weighted by atomic mass is 16.1. The van der Waals surface area contributed by atoms with Crippen LogP contribution in [0.15, 0.2) is 29.9 Å². The lowest BCUT2D eigenvalue weighted by Crippen LogP contribution is -2.14. The van der Waals surface area contributed by atoms with Gasteiger partial charge in [-0.2, -0.15) is 0 Å². The van der Waals surface area contributed by atoms with Crippen molar-refractivity contribution in [3.63, 3.8) is 0 Å². The van der Waals surface area contributed by atoms with Gasteiger partial charge in [0.2, 0.25) is 0 Å². The third kappa shape index (κ3) is 1.28. The maximum absolute atomic E-state index is 12.1. The fourth-order valence-corrected chi connectivity index (χ4v) is 2.23. The molecular weight excluding hydrogens is 196 g/mol. The number of rotatable bonds is 0. The predicted octanol–water partition coefficient (Wildman–Crippen LogP) is 3.85. The zero-order chi connectivity index (χ0) is 12.0. The van der Waals surface area contributed by atoms with Crippen molar-refractivity contribution >= 4 is 11.4 Å². The van der Waals surface area contributed by atoms with Gasteiger partial charge >= 0.3 is 0 Å². The summed E-state index contributed by atoms with van der Waals surface area (Å²) in [7, 11) is 0. The molecule has 0 saturated carbocycles. The van der Waals surface area contributed by atoms with E-state index in [0.717, 1.165) is 16.7 Å². The van der Waals surface area contributed by atoms with E-state index in [-0.39, 0.29) is 5.78 Å². The molecule has 0 fully saturated rings. The van der Waals surface area contributed by atoms with Gasteiger partial charge in [-0.25, -0.2) is 0 Å². The first-order valence-corrected chi connectivity index (χ1v) is 5.47. The molecule has 0 heterocycles. The Bertz CT molecular complexity index is 545. The van der Waals surface area contributed by atoms with Gasteiger partial charge in [-0.1, -0.05) is 18.7 Å². The SMILES string of the molecule is C=C1C(=O)c2ccc(C)c(C)c2C(C)=C1C. The van der Waals surface area contributed by atoms with Gasteiger partial charge in [0.1, 0.15) is 0 Å². The van der Waals surface area contributed by atoms with E-state index < -0.39 is 0 Å². The maximum atomic E-state index is 12.1. The molecule has 0 unspecified atom stereocenters. The third-order valence-electron chi connectivity index (χ3n) is 3.64. The van der Waals surface area contributed by atoms with E-state index in [9.17, 15) is 4.79 Å². The fourth-order valence-electron chi connectivity index (χ4n) is 2.23. The van der Waals surface area contributed by atoms with Crippen LogP contribution in [-0.2, 0) is 0 Å². The maximum Gasteiger partial charge on any atom is 0.193 e. The van der Waals surface area contributed by atoms with Crippen LogP contribution in [0.1, 0.15) is 40.9 Å². The first-order valence-electron chi connectivity index (χ1n) is 5.47. The fraction of sp³-hybridized carbons (Fsp3) is 0.267. The molecule has 1 aliphatic carbocycles. The van der Waals surface area contributed by atoms with Crippen LogP contribution in [0.4, 0.5) is 0 Å². The molecule has 1 aliphatic rings. The Morgan fingerprint density at radius 1 is 1.00 bits per heavy atom. The van der Waals surface area contributed by atoms with Gasteiger partial charge < -0.3 is 0 Å². The van der Waals surface area contributed by atoms with Crippen molar-refractivity contribution in [2.45, 2.75) is 27.7 Å². The van der Waals surface area contributed by atoms with Crippen LogP contribution in [0.25, 0.3) is 5.57 Å². The van der Waals surface area contributed by atoms with E-state index in [1.165, 1.54) is 16.7 Å². The normalized spacial score (nSPS) is 15.5. The van der Waals surface area contributed by atoms with Crippen LogP contribution < -0.4 is 0 Å². The van der Waals surface area contributed by atoms with Crippen molar-refractivity contribution in [1.82, 2.24) is 0 Å². The predicted molar refractivity (Wildman–Crippen MR) is 67.7 cm³/mol. The summed E-state index contributed by atoms with van der Waals surface area (Å²) in [6.45, 7) is 12.1. The van der Waals surface area contributed by atoms with E-state index in [4.69, 9.17) is 0 Å². The lowest BCUT2D eigenvalue weighted by Gasteiger charge is -2.23. The van der Waals surface area contributed by atoms with Crippen molar-refractivity contribution in [2.75, 3.05) is 0 Å². The molecule has 0 N–H and O–H groups in total. The summed E-state index contributed by atoms with van der Waals surface area (Å²) in [4.78, 5) is 12.1. The largest absolute Gasteiger partial charge is 0.289 e. The molecule has 0 saturated heterocycles. The number of carbonyl (C=O) groups is 1. The van der Waals surface area contributed by atoms with E-state index in [0.29, 0.717) is 5.57 Å². The number of allylic oxidation sites excluding steroid dienone is 3. The number of hydrogen-bond acceptors (Lipinski definition) is 1. The molecule has 1 aromatic carbocycles. The molecule has 0 spiro atoms. The molecule has 0 radical (unpaired) electrons. The minimum atomic E-state index is 0.0706. The summed E-state index contributed by atoms with van der Waals surface area (Å²) in [5.41, 5.74) is 7.17. The summed E-state index contributed by atoms with van der Waals surface area (Å²) in [5, 5.41) is 0. The first kappa shape index (κ1) is 10.9. The van der Waals surface area contributed by atoms with Gasteiger partial charge in [0, 0.05) is 11.1 Å². The Morgan fingerprint density at radius 3 is 2.25 bits per heavy atom. The second kappa shape index (κ2) is 3.44. The van der Waals surface area contributed by atoms with E-state index in [1.807, 2.05) is 19.1 Å². The third-order valence-corrected chi connectivity index (χ3v) is 3.64. The van der Waals surface area contributed by atoms with Crippen LogP contribution in [0.2, 0.25) is 0 Å². The summed E-state index contributed by atoms with van der Waals surface area (Å²) in [6, 6.07) is 3.92. The molecule has 82 valence electrons. The molecule has 0 amide bonds. The number of Topliss-reactive ketones (excluding diaryl/α,β-unsaturated/α-hetero) is 1. The standard InChI is InChI=1S/C15H16O/c1-8-6-7-13-14(9(8)2)11(4)10(3)12(5)15(13)16/h6-7H,5H2,1-4H3. The van der Waals surface area contributed by atoms with Crippen molar-refractivity contribution in [3.05, 3.63) is 52.1 Å². The number of benzene rings is 1. The quantitative estimate of drug-likeness (QED) is 0.597. The molecule has 0 bridgehead atoms. The van der Waals surface area contributed by atoms with Gasteiger partial charge in [-0.05, 0) is 55.5 Å². The second-order valence-electron chi connectivity index (χ2n) is 4.49. The van der Waals surface area contributed by atoms with Gasteiger partial charge in [-0.3, -0.25) is 4.79 Å². The highest BCUT2D eigenvalue weighted by molar-refractivity contribution is 6.17. The summed E-state index contributed by atoms with van der Waals surface area (Å²) in [6.07, 6.45) is 0. The van der Waals surface area contributed by atoms with Gasteiger partial charge in [-0.15, -0.1) is 0 Å². The minimum absolute atomic E-state index is 0.0706. The summed E-state index contributed by atoms with van der Waals surface area (Å²) < 4.78 is 0. The lowest BCUT2D eigenvalue weighted by atomic mass is 9.80. The van der Waals surface area contributed by atoms with Crippen molar-refractivity contribution in [3.8, 4) is 0 Å². The van der Waals surface area contributed by atoms with E-state index in [1.54, 1.807) is 0 Å². The van der Waals surface area contributed by atoms with Crippen LogP contribution >= 0.6 is 0 Å². The average molecular weight is 212 g/mol. The number of hydrogen-bond donors (Lipinski definition) is 0. The lowest BCUT2D eigenvalue weighted by molar-refractivity contribution is 0.103. The second-order valence-corrected chi connectivity index (χ2v) is 4.49. The molecule has 1 heteroatoms. The Hall–Kier alpha value is -1.63. The van der Waals surface area contributed by atoms with Crippen LogP contribution in [0.5, 0.6) is 0 Å². The number of ketones is 1.